The maximum atomic E-state index is 13.2. The van der Waals surface area contributed by atoms with Gasteiger partial charge in [-0.15, -0.1) is 0 Å². The van der Waals surface area contributed by atoms with Crippen LogP contribution in [0.25, 0.3) is 0 Å². The fraction of sp³-hybridized carbons (Fsp3) is 0.682. The second-order valence-corrected chi connectivity index (χ2v) is 10.4. The number of nitrogen functional groups attached to an aromatic ring is 1. The molecule has 4 aliphatic rings. The topological polar surface area (TPSA) is 155 Å². The van der Waals surface area contributed by atoms with Crippen molar-refractivity contribution >= 4 is 17.8 Å². The molecule has 3 saturated carbocycles. The smallest absolute Gasteiger partial charge is 0.334 e. The molecule has 1 aromatic rings. The lowest BCUT2D eigenvalue weighted by Gasteiger charge is -2.57. The summed E-state index contributed by atoms with van der Waals surface area (Å²) in [5.41, 5.74) is 3.13. The molecule has 2 spiro atoms. The fourth-order valence-corrected chi connectivity index (χ4v) is 6.29. The van der Waals surface area contributed by atoms with E-state index >= 15 is 0 Å². The van der Waals surface area contributed by atoms with Crippen LogP contribution >= 0.6 is 0 Å². The number of amidine groups is 1. The Labute approximate surface area is 190 Å². The van der Waals surface area contributed by atoms with E-state index < -0.39 is 28.5 Å². The van der Waals surface area contributed by atoms with Crippen molar-refractivity contribution in [3.63, 3.8) is 0 Å². The average Bonchev–Trinajstić information content (AvgIpc) is 3.55. The molecule has 11 nitrogen and oxygen atoms in total. The monoisotopic (exact) mass is 458 g/mol. The van der Waals surface area contributed by atoms with Crippen molar-refractivity contribution in [1.82, 2.24) is 18.9 Å². The van der Waals surface area contributed by atoms with Crippen LogP contribution in [-0.4, -0.2) is 61.4 Å². The van der Waals surface area contributed by atoms with E-state index in [0.717, 1.165) is 25.7 Å². The van der Waals surface area contributed by atoms with Crippen LogP contribution in [0, 0.1) is 16.7 Å². The van der Waals surface area contributed by atoms with Gasteiger partial charge in [-0.25, -0.2) is 9.59 Å². The largest absolute Gasteiger partial charge is 0.494 e. The number of urea groups is 1. The van der Waals surface area contributed by atoms with Crippen molar-refractivity contribution in [2.24, 2.45) is 17.1 Å². The van der Waals surface area contributed by atoms with Crippen LogP contribution in [0.3, 0.4) is 0 Å². The first-order valence-corrected chi connectivity index (χ1v) is 11.5. The zero-order chi connectivity index (χ0) is 23.9. The molecule has 0 unspecified atom stereocenters. The minimum atomic E-state index is -0.771. The molecule has 5 rings (SSSR count). The van der Waals surface area contributed by atoms with Crippen molar-refractivity contribution in [2.45, 2.75) is 69.5 Å². The third-order valence-corrected chi connectivity index (χ3v) is 8.39. The molecule has 1 aromatic heterocycles. The van der Waals surface area contributed by atoms with Gasteiger partial charge in [0, 0.05) is 26.7 Å². The van der Waals surface area contributed by atoms with Crippen LogP contribution in [0.4, 0.5) is 4.79 Å². The molecule has 1 saturated heterocycles. The highest BCUT2D eigenvalue weighted by atomic mass is 16.3. The Hall–Kier alpha value is -3.11. The number of likely N-dealkylation sites (N-methyl/N-ethyl adjacent to an activating group) is 2. The molecular weight excluding hydrogens is 428 g/mol. The Morgan fingerprint density at radius 2 is 1.70 bits per heavy atom. The second-order valence-electron chi connectivity index (χ2n) is 10.4. The summed E-state index contributed by atoms with van der Waals surface area (Å²) in [6.45, 7) is 0.306. The molecule has 11 heteroatoms. The van der Waals surface area contributed by atoms with E-state index in [4.69, 9.17) is 11.1 Å². The van der Waals surface area contributed by atoms with E-state index in [1.165, 1.54) is 21.1 Å². The van der Waals surface area contributed by atoms with Gasteiger partial charge < -0.3 is 15.7 Å². The van der Waals surface area contributed by atoms with Gasteiger partial charge in [0.05, 0.1) is 0 Å². The SMILES string of the molecule is CN1C(=O)N(C)C2(CC3(CCC(n4c(=O)c(C(=N)N)c(O)n(CC5CC5)c4=O)CC3)C2)C1=O. The molecule has 0 aromatic carbocycles. The molecule has 178 valence electrons. The van der Waals surface area contributed by atoms with Crippen LogP contribution < -0.4 is 17.0 Å². The summed E-state index contributed by atoms with van der Waals surface area (Å²) < 4.78 is 2.36. The quantitative estimate of drug-likeness (QED) is 0.340. The van der Waals surface area contributed by atoms with Crippen LogP contribution in [0.1, 0.15) is 63.0 Å². The standard InChI is InChI=1S/C22H30N6O5/c1-25-18(31)22(26(2)19(25)32)10-21(11-22)7-5-13(6-8-21)28-17(30)14(15(23)24)16(29)27(20(28)33)9-12-3-4-12/h12-13,29H,3-11H2,1-2H3,(H3,23,24). The Morgan fingerprint density at radius 1 is 1.09 bits per heavy atom. The number of nitrogens with two attached hydrogens (primary N) is 1. The molecule has 1 aliphatic heterocycles. The lowest BCUT2D eigenvalue weighted by Crippen LogP contribution is -2.63. The summed E-state index contributed by atoms with van der Waals surface area (Å²) in [6.07, 6.45) is 5.68. The van der Waals surface area contributed by atoms with Gasteiger partial charge >= 0.3 is 11.7 Å². The predicted molar refractivity (Wildman–Crippen MR) is 118 cm³/mol. The molecule has 4 N–H and O–H groups in total. The van der Waals surface area contributed by atoms with Gasteiger partial charge in [-0.2, -0.15) is 0 Å². The summed E-state index contributed by atoms with van der Waals surface area (Å²) in [6, 6.07) is -0.648. The minimum absolute atomic E-state index is 0.0944. The molecule has 4 fully saturated rings. The van der Waals surface area contributed by atoms with Gasteiger partial charge in [-0.3, -0.25) is 29.0 Å². The third kappa shape index (κ3) is 2.97. The normalized spacial score (nSPS) is 31.5. The number of carbonyl (C=O) groups is 2. The maximum absolute atomic E-state index is 13.2. The zero-order valence-corrected chi connectivity index (χ0v) is 19.0. The minimum Gasteiger partial charge on any atom is -0.494 e. The molecule has 0 atom stereocenters. The first kappa shape index (κ1) is 21.7. The summed E-state index contributed by atoms with van der Waals surface area (Å²) in [4.78, 5) is 54.0. The number of hydrogen-bond donors (Lipinski definition) is 3. The highest BCUT2D eigenvalue weighted by Crippen LogP contribution is 2.61. The third-order valence-electron chi connectivity index (χ3n) is 8.39. The van der Waals surface area contributed by atoms with E-state index in [9.17, 15) is 24.3 Å². The van der Waals surface area contributed by atoms with Crippen molar-refractivity contribution in [3.8, 4) is 5.88 Å². The summed E-state index contributed by atoms with van der Waals surface area (Å²) >= 11 is 0. The molecule has 3 amide bonds. The summed E-state index contributed by atoms with van der Waals surface area (Å²) in [7, 11) is 3.18. The number of rotatable bonds is 4. The highest BCUT2D eigenvalue weighted by Gasteiger charge is 2.66. The number of aromatic nitrogens is 2. The first-order chi connectivity index (χ1) is 15.5. The highest BCUT2D eigenvalue weighted by molar-refractivity contribution is 6.07. The predicted octanol–water partition coefficient (Wildman–Crippen LogP) is 0.568. The lowest BCUT2D eigenvalue weighted by atomic mass is 9.51. The van der Waals surface area contributed by atoms with Gasteiger partial charge in [0.1, 0.15) is 16.9 Å². The van der Waals surface area contributed by atoms with E-state index in [-0.39, 0.29) is 34.9 Å². The van der Waals surface area contributed by atoms with E-state index in [1.54, 1.807) is 11.9 Å². The number of nitrogens with zero attached hydrogens (tertiary/aromatic N) is 4. The molecule has 3 aliphatic carbocycles. The Bertz CT molecular complexity index is 1180. The van der Waals surface area contributed by atoms with Crippen LogP contribution in [0.15, 0.2) is 9.59 Å². The van der Waals surface area contributed by atoms with E-state index in [0.29, 0.717) is 32.2 Å². The van der Waals surface area contributed by atoms with Crippen molar-refractivity contribution in [2.75, 3.05) is 14.1 Å². The number of aromatic hydroxyl groups is 1. The fourth-order valence-electron chi connectivity index (χ4n) is 6.29. The molecular formula is C22H30N6O5. The van der Waals surface area contributed by atoms with Crippen LogP contribution in [0.5, 0.6) is 5.88 Å². The van der Waals surface area contributed by atoms with E-state index in [2.05, 4.69) is 0 Å². The lowest BCUT2D eigenvalue weighted by molar-refractivity contribution is -0.148. The summed E-state index contributed by atoms with van der Waals surface area (Å²) in [5, 5.41) is 18.3. The number of imide groups is 1. The van der Waals surface area contributed by atoms with Gasteiger partial charge in [-0.05, 0) is 62.7 Å². The Morgan fingerprint density at radius 3 is 2.18 bits per heavy atom. The number of amides is 3. The van der Waals surface area contributed by atoms with E-state index in [1.807, 2.05) is 0 Å². The summed E-state index contributed by atoms with van der Waals surface area (Å²) in [5.74, 6) is -0.959. The maximum Gasteiger partial charge on any atom is 0.334 e. The van der Waals surface area contributed by atoms with Crippen molar-refractivity contribution < 1.29 is 14.7 Å². The second kappa shape index (κ2) is 6.94. The van der Waals surface area contributed by atoms with Gasteiger partial charge in [0.15, 0.2) is 0 Å². The van der Waals surface area contributed by atoms with Gasteiger partial charge in [-0.1, -0.05) is 0 Å². The number of carbonyl (C=O) groups excluding carboxylic acids is 2. The molecule has 0 bridgehead atoms. The zero-order valence-electron chi connectivity index (χ0n) is 19.0. The molecule has 2 heterocycles. The van der Waals surface area contributed by atoms with Crippen molar-refractivity contribution in [1.29, 1.82) is 5.41 Å². The number of hydrogen-bond acceptors (Lipinski definition) is 6. The Kier molecular flexibility index (Phi) is 4.57. The average molecular weight is 459 g/mol. The van der Waals surface area contributed by atoms with Crippen LogP contribution in [0.2, 0.25) is 0 Å². The van der Waals surface area contributed by atoms with Crippen LogP contribution in [-0.2, 0) is 11.3 Å². The number of nitrogens with one attached hydrogen (secondary N) is 1. The van der Waals surface area contributed by atoms with Gasteiger partial charge in [0.2, 0.25) is 5.88 Å². The van der Waals surface area contributed by atoms with Gasteiger partial charge in [0.25, 0.3) is 11.5 Å². The first-order valence-electron chi connectivity index (χ1n) is 11.5. The van der Waals surface area contributed by atoms with Crippen molar-refractivity contribution in [3.05, 3.63) is 26.4 Å². The molecule has 0 radical (unpaired) electrons. The Balaban J connectivity index is 1.40. The molecule has 33 heavy (non-hydrogen) atoms.